The fourth-order valence-corrected chi connectivity index (χ4v) is 4.19. The van der Waals surface area contributed by atoms with E-state index in [0.29, 0.717) is 0 Å². The lowest BCUT2D eigenvalue weighted by Crippen LogP contribution is -2.51. The van der Waals surface area contributed by atoms with Gasteiger partial charge in [0.2, 0.25) is 0 Å². The first-order valence-corrected chi connectivity index (χ1v) is 9.80. The van der Waals surface area contributed by atoms with Gasteiger partial charge in [0.25, 0.3) is 5.91 Å². The van der Waals surface area contributed by atoms with Gasteiger partial charge in [-0.1, -0.05) is 13.3 Å². The number of piperazine rings is 1. The number of carbonyl (C=O) groups excluding carboxylic acids is 1. The lowest BCUT2D eigenvalue weighted by atomic mass is 9.97. The molecule has 2 saturated heterocycles. The molecule has 0 unspecified atom stereocenters. The van der Waals surface area contributed by atoms with E-state index in [0.717, 1.165) is 56.3 Å². The maximum atomic E-state index is 12.8. The molecule has 25 heavy (non-hydrogen) atoms. The molecule has 0 N–H and O–H groups in total. The number of nitrogens with zero attached hydrogens (tertiary/aromatic N) is 5. The molecule has 0 radical (unpaired) electrons. The first-order valence-electron chi connectivity index (χ1n) is 9.80. The molecule has 1 amide bonds. The molecule has 6 heteroatoms. The zero-order valence-electron chi connectivity index (χ0n) is 16.1. The Balaban J connectivity index is 1.50. The number of likely N-dealkylation sites (tertiary alicyclic amines) is 1. The van der Waals surface area contributed by atoms with E-state index in [1.54, 1.807) is 4.68 Å². The number of hydrogen-bond acceptors (Lipinski definition) is 4. The molecule has 6 nitrogen and oxygen atoms in total. The molecule has 1 aromatic heterocycles. The van der Waals surface area contributed by atoms with Gasteiger partial charge in [-0.05, 0) is 44.8 Å². The fourth-order valence-electron chi connectivity index (χ4n) is 4.19. The summed E-state index contributed by atoms with van der Waals surface area (Å²) < 4.78 is 1.75. The number of piperidine rings is 1. The maximum absolute atomic E-state index is 12.8. The quantitative estimate of drug-likeness (QED) is 0.809. The van der Waals surface area contributed by atoms with Gasteiger partial charge in [-0.2, -0.15) is 5.10 Å². The standard InChI is InChI=1S/C19H33N5O/c1-4-6-17-13-18(22(3)20-17)19(25)24-11-9-23(10-12-24)15-16-7-5-8-21(2)14-16/h13,16H,4-12,14-15H2,1-3H3/t16-/m1/s1. The number of hydrogen-bond donors (Lipinski definition) is 0. The molecule has 0 bridgehead atoms. The highest BCUT2D eigenvalue weighted by molar-refractivity contribution is 5.92. The second-order valence-corrected chi connectivity index (χ2v) is 7.76. The minimum absolute atomic E-state index is 0.134. The predicted molar refractivity (Wildman–Crippen MR) is 99.8 cm³/mol. The van der Waals surface area contributed by atoms with Gasteiger partial charge in [-0.25, -0.2) is 0 Å². The van der Waals surface area contributed by atoms with Crippen LogP contribution in [0.3, 0.4) is 0 Å². The molecule has 0 aromatic carbocycles. The third-order valence-corrected chi connectivity index (χ3v) is 5.55. The van der Waals surface area contributed by atoms with Gasteiger partial charge in [-0.3, -0.25) is 14.4 Å². The highest BCUT2D eigenvalue weighted by atomic mass is 16.2. The van der Waals surface area contributed by atoms with E-state index in [1.807, 2.05) is 18.0 Å². The van der Waals surface area contributed by atoms with Crippen LogP contribution in [0.1, 0.15) is 42.4 Å². The summed E-state index contributed by atoms with van der Waals surface area (Å²) in [5.41, 5.74) is 1.75. The third kappa shape index (κ3) is 4.61. The van der Waals surface area contributed by atoms with Crippen molar-refractivity contribution in [1.29, 1.82) is 0 Å². The van der Waals surface area contributed by atoms with Gasteiger partial charge in [0, 0.05) is 46.3 Å². The van der Waals surface area contributed by atoms with Crippen LogP contribution in [0.5, 0.6) is 0 Å². The van der Waals surface area contributed by atoms with E-state index in [2.05, 4.69) is 28.9 Å². The van der Waals surface area contributed by atoms with Crippen LogP contribution in [-0.4, -0.2) is 83.2 Å². The number of amides is 1. The first-order chi connectivity index (χ1) is 12.1. The molecular weight excluding hydrogens is 314 g/mol. The van der Waals surface area contributed by atoms with Crippen LogP contribution in [0.25, 0.3) is 0 Å². The zero-order chi connectivity index (χ0) is 17.8. The van der Waals surface area contributed by atoms with Crippen molar-refractivity contribution in [3.05, 3.63) is 17.5 Å². The van der Waals surface area contributed by atoms with Crippen LogP contribution in [0.15, 0.2) is 6.07 Å². The average molecular weight is 348 g/mol. The van der Waals surface area contributed by atoms with Gasteiger partial charge < -0.3 is 9.80 Å². The summed E-state index contributed by atoms with van der Waals surface area (Å²) in [6, 6.07) is 1.97. The highest BCUT2D eigenvalue weighted by Gasteiger charge is 2.26. The Morgan fingerprint density at radius 1 is 1.20 bits per heavy atom. The van der Waals surface area contributed by atoms with Crippen LogP contribution in [-0.2, 0) is 13.5 Å². The second kappa shape index (κ2) is 8.32. The third-order valence-electron chi connectivity index (χ3n) is 5.55. The Hall–Kier alpha value is -1.40. The van der Waals surface area contributed by atoms with E-state index in [4.69, 9.17) is 0 Å². The summed E-state index contributed by atoms with van der Waals surface area (Å²) in [6.45, 7) is 9.42. The maximum Gasteiger partial charge on any atom is 0.272 e. The Morgan fingerprint density at radius 3 is 2.64 bits per heavy atom. The van der Waals surface area contributed by atoms with Crippen molar-refractivity contribution < 1.29 is 4.79 Å². The van der Waals surface area contributed by atoms with Crippen molar-refractivity contribution in [2.24, 2.45) is 13.0 Å². The van der Waals surface area contributed by atoms with Crippen molar-refractivity contribution in [2.45, 2.75) is 32.6 Å². The summed E-state index contributed by atoms with van der Waals surface area (Å²) in [5, 5.41) is 4.47. The fraction of sp³-hybridized carbons (Fsp3) is 0.789. The Bertz CT molecular complexity index is 576. The van der Waals surface area contributed by atoms with E-state index in [9.17, 15) is 4.79 Å². The first kappa shape index (κ1) is 18.4. The smallest absolute Gasteiger partial charge is 0.272 e. The largest absolute Gasteiger partial charge is 0.335 e. The summed E-state index contributed by atoms with van der Waals surface area (Å²) >= 11 is 0. The van der Waals surface area contributed by atoms with Gasteiger partial charge in [0.05, 0.1) is 5.69 Å². The van der Waals surface area contributed by atoms with Crippen LogP contribution in [0, 0.1) is 5.92 Å². The van der Waals surface area contributed by atoms with Gasteiger partial charge in [-0.15, -0.1) is 0 Å². The van der Waals surface area contributed by atoms with Gasteiger partial charge >= 0.3 is 0 Å². The zero-order valence-corrected chi connectivity index (χ0v) is 16.1. The lowest BCUT2D eigenvalue weighted by Gasteiger charge is -2.38. The van der Waals surface area contributed by atoms with Gasteiger partial charge in [0.15, 0.2) is 0 Å². The number of aromatic nitrogens is 2. The molecule has 140 valence electrons. The molecule has 2 aliphatic heterocycles. The Kier molecular flexibility index (Phi) is 6.12. The topological polar surface area (TPSA) is 44.6 Å². The highest BCUT2D eigenvalue weighted by Crippen LogP contribution is 2.18. The van der Waals surface area contributed by atoms with E-state index in [1.165, 1.54) is 32.5 Å². The molecule has 2 fully saturated rings. The Morgan fingerprint density at radius 2 is 1.96 bits per heavy atom. The number of aryl methyl sites for hydroxylation is 2. The molecule has 0 saturated carbocycles. The van der Waals surface area contributed by atoms with Crippen molar-refractivity contribution in [3.8, 4) is 0 Å². The molecule has 3 heterocycles. The minimum Gasteiger partial charge on any atom is -0.335 e. The lowest BCUT2D eigenvalue weighted by molar-refractivity contribution is 0.0578. The Labute approximate surface area is 151 Å². The van der Waals surface area contributed by atoms with Crippen LogP contribution in [0.4, 0.5) is 0 Å². The molecule has 1 atom stereocenters. The van der Waals surface area contributed by atoms with Crippen LogP contribution >= 0.6 is 0 Å². The monoisotopic (exact) mass is 347 g/mol. The average Bonchev–Trinajstić information content (AvgIpc) is 2.96. The predicted octanol–water partition coefficient (Wildman–Crippen LogP) is 1.47. The van der Waals surface area contributed by atoms with E-state index < -0.39 is 0 Å². The van der Waals surface area contributed by atoms with Crippen LogP contribution in [0.2, 0.25) is 0 Å². The molecule has 2 aliphatic rings. The van der Waals surface area contributed by atoms with Gasteiger partial charge in [0.1, 0.15) is 5.69 Å². The molecule has 3 rings (SSSR count). The summed E-state index contributed by atoms with van der Waals surface area (Å²) in [6.07, 6.45) is 4.66. The molecule has 0 spiro atoms. The SMILES string of the molecule is CCCc1cc(C(=O)N2CCN(C[C@@H]3CCCN(C)C3)CC2)n(C)n1. The summed E-state index contributed by atoms with van der Waals surface area (Å²) in [5.74, 6) is 0.920. The van der Waals surface area contributed by atoms with E-state index >= 15 is 0 Å². The van der Waals surface area contributed by atoms with E-state index in [-0.39, 0.29) is 5.91 Å². The number of carbonyl (C=O) groups is 1. The van der Waals surface area contributed by atoms with Crippen molar-refractivity contribution in [3.63, 3.8) is 0 Å². The normalized spacial score (nSPS) is 23.2. The molecular formula is C19H33N5O. The molecule has 1 aromatic rings. The van der Waals surface area contributed by atoms with Crippen LogP contribution < -0.4 is 0 Å². The molecule has 0 aliphatic carbocycles. The second-order valence-electron chi connectivity index (χ2n) is 7.76. The minimum atomic E-state index is 0.134. The van der Waals surface area contributed by atoms with Crippen molar-refractivity contribution in [1.82, 2.24) is 24.5 Å². The number of rotatable bonds is 5. The van der Waals surface area contributed by atoms with Crippen molar-refractivity contribution in [2.75, 3.05) is 52.9 Å². The van der Waals surface area contributed by atoms with Crippen molar-refractivity contribution >= 4 is 5.91 Å². The summed E-state index contributed by atoms with van der Waals surface area (Å²) in [4.78, 5) is 19.8. The summed E-state index contributed by atoms with van der Waals surface area (Å²) in [7, 11) is 4.10.